The standard InChI is InChI=1S/C23H23N3O2S/c1-17-25-20(16-29-17)15-28-22-10-5-18(6-11-22)7-12-23(27)26(21-8-9-21)14-19-4-2-3-13-24-19/h2-7,10-13,16,21H,8-9,14-15H2,1H3. The molecule has 148 valence electrons. The summed E-state index contributed by atoms with van der Waals surface area (Å²) in [6.07, 6.45) is 7.40. The van der Waals surface area contributed by atoms with Crippen molar-refractivity contribution in [2.24, 2.45) is 0 Å². The molecule has 2 aromatic heterocycles. The monoisotopic (exact) mass is 405 g/mol. The number of thiazole rings is 1. The predicted octanol–water partition coefficient (Wildman–Crippen LogP) is 4.63. The maximum atomic E-state index is 12.7. The van der Waals surface area contributed by atoms with Crippen molar-refractivity contribution in [3.8, 4) is 5.75 Å². The number of hydrogen-bond donors (Lipinski definition) is 0. The first kappa shape index (κ1) is 19.3. The maximum absolute atomic E-state index is 12.7. The molecule has 0 bridgehead atoms. The van der Waals surface area contributed by atoms with E-state index in [1.54, 1.807) is 23.6 Å². The van der Waals surface area contributed by atoms with Gasteiger partial charge in [-0.25, -0.2) is 4.98 Å². The van der Waals surface area contributed by atoms with Gasteiger partial charge in [-0.15, -0.1) is 11.3 Å². The van der Waals surface area contributed by atoms with Gasteiger partial charge in [0.1, 0.15) is 12.4 Å². The van der Waals surface area contributed by atoms with E-state index in [4.69, 9.17) is 4.74 Å². The fourth-order valence-corrected chi connectivity index (χ4v) is 3.61. The average molecular weight is 406 g/mol. The SMILES string of the molecule is Cc1nc(COc2ccc(C=CC(=O)N(Cc3ccccn3)C3CC3)cc2)cs1. The predicted molar refractivity (Wildman–Crippen MR) is 114 cm³/mol. The van der Waals surface area contributed by atoms with Gasteiger partial charge in [-0.2, -0.15) is 0 Å². The van der Waals surface area contributed by atoms with Crippen LogP contribution in [0.3, 0.4) is 0 Å². The average Bonchev–Trinajstić information content (AvgIpc) is 3.51. The fraction of sp³-hybridized carbons (Fsp3) is 0.261. The molecule has 6 heteroatoms. The Kier molecular flexibility index (Phi) is 6.00. The molecular weight excluding hydrogens is 382 g/mol. The number of nitrogens with zero attached hydrogens (tertiary/aromatic N) is 3. The second-order valence-electron chi connectivity index (χ2n) is 7.07. The van der Waals surface area contributed by atoms with Gasteiger partial charge in [-0.05, 0) is 55.7 Å². The molecular formula is C23H23N3O2S. The molecule has 0 saturated heterocycles. The largest absolute Gasteiger partial charge is 0.487 e. The minimum absolute atomic E-state index is 0.0254. The molecule has 4 rings (SSSR count). The van der Waals surface area contributed by atoms with Crippen LogP contribution in [0.4, 0.5) is 0 Å². The van der Waals surface area contributed by atoms with Crippen LogP contribution >= 0.6 is 11.3 Å². The highest BCUT2D eigenvalue weighted by Crippen LogP contribution is 2.28. The Morgan fingerprint density at radius 2 is 2.03 bits per heavy atom. The van der Waals surface area contributed by atoms with Crippen molar-refractivity contribution in [3.63, 3.8) is 0 Å². The minimum atomic E-state index is 0.0254. The van der Waals surface area contributed by atoms with Crippen LogP contribution in [0.5, 0.6) is 5.75 Å². The Balaban J connectivity index is 1.34. The number of pyridine rings is 1. The lowest BCUT2D eigenvalue weighted by atomic mass is 10.2. The summed E-state index contributed by atoms with van der Waals surface area (Å²) < 4.78 is 5.77. The third-order valence-corrected chi connectivity index (χ3v) is 5.50. The Labute approximate surface area is 174 Å². The van der Waals surface area contributed by atoms with E-state index in [1.165, 1.54) is 0 Å². The van der Waals surface area contributed by atoms with Gasteiger partial charge in [0, 0.05) is 23.7 Å². The fourth-order valence-electron chi connectivity index (χ4n) is 3.01. The molecule has 1 aromatic carbocycles. The molecule has 2 heterocycles. The van der Waals surface area contributed by atoms with Crippen LogP contribution in [0.15, 0.2) is 60.1 Å². The van der Waals surface area contributed by atoms with E-state index in [-0.39, 0.29) is 5.91 Å². The summed E-state index contributed by atoms with van der Waals surface area (Å²) in [6, 6.07) is 13.9. The van der Waals surface area contributed by atoms with E-state index < -0.39 is 0 Å². The van der Waals surface area contributed by atoms with E-state index in [2.05, 4.69) is 9.97 Å². The molecule has 0 atom stereocenters. The lowest BCUT2D eigenvalue weighted by Crippen LogP contribution is -2.31. The Morgan fingerprint density at radius 3 is 2.69 bits per heavy atom. The molecule has 0 N–H and O–H groups in total. The highest BCUT2D eigenvalue weighted by Gasteiger charge is 2.31. The van der Waals surface area contributed by atoms with Gasteiger partial charge in [0.2, 0.25) is 5.91 Å². The molecule has 5 nitrogen and oxygen atoms in total. The number of hydrogen-bond acceptors (Lipinski definition) is 5. The summed E-state index contributed by atoms with van der Waals surface area (Å²) >= 11 is 1.62. The minimum Gasteiger partial charge on any atom is -0.487 e. The van der Waals surface area contributed by atoms with Gasteiger partial charge >= 0.3 is 0 Å². The number of rotatable bonds is 8. The second-order valence-corrected chi connectivity index (χ2v) is 8.13. The Bertz CT molecular complexity index is 979. The van der Waals surface area contributed by atoms with Gasteiger partial charge in [0.15, 0.2) is 0 Å². The van der Waals surface area contributed by atoms with Crippen LogP contribution < -0.4 is 4.74 Å². The number of ether oxygens (including phenoxy) is 1. The van der Waals surface area contributed by atoms with Crippen molar-refractivity contribution in [2.45, 2.75) is 39.0 Å². The first-order valence-electron chi connectivity index (χ1n) is 9.70. The van der Waals surface area contributed by atoms with Crippen molar-refractivity contribution in [1.29, 1.82) is 0 Å². The highest BCUT2D eigenvalue weighted by molar-refractivity contribution is 7.09. The Morgan fingerprint density at radius 1 is 1.21 bits per heavy atom. The van der Waals surface area contributed by atoms with Crippen LogP contribution in [0.25, 0.3) is 6.08 Å². The van der Waals surface area contributed by atoms with Crippen LogP contribution in [-0.2, 0) is 17.9 Å². The molecule has 1 saturated carbocycles. The first-order valence-corrected chi connectivity index (χ1v) is 10.6. The van der Waals surface area contributed by atoms with E-state index in [9.17, 15) is 4.79 Å². The summed E-state index contributed by atoms with van der Waals surface area (Å²) in [6.45, 7) is 3.00. The number of amides is 1. The normalized spacial score (nSPS) is 13.6. The van der Waals surface area contributed by atoms with Gasteiger partial charge in [0.05, 0.1) is 22.9 Å². The van der Waals surface area contributed by atoms with Gasteiger partial charge in [-0.1, -0.05) is 18.2 Å². The van der Waals surface area contributed by atoms with E-state index in [0.29, 0.717) is 19.2 Å². The molecule has 1 amide bonds. The lowest BCUT2D eigenvalue weighted by molar-refractivity contribution is -0.127. The molecule has 0 unspecified atom stereocenters. The maximum Gasteiger partial charge on any atom is 0.247 e. The topological polar surface area (TPSA) is 55.3 Å². The lowest BCUT2D eigenvalue weighted by Gasteiger charge is -2.20. The van der Waals surface area contributed by atoms with Crippen molar-refractivity contribution < 1.29 is 9.53 Å². The number of aromatic nitrogens is 2. The van der Waals surface area contributed by atoms with Crippen molar-refractivity contribution in [1.82, 2.24) is 14.9 Å². The number of aryl methyl sites for hydroxylation is 1. The van der Waals surface area contributed by atoms with Gasteiger partial charge in [-0.3, -0.25) is 9.78 Å². The smallest absolute Gasteiger partial charge is 0.247 e. The molecule has 1 aliphatic rings. The number of carbonyl (C=O) groups excluding carboxylic acids is 1. The van der Waals surface area contributed by atoms with E-state index >= 15 is 0 Å². The molecule has 3 aromatic rings. The zero-order valence-electron chi connectivity index (χ0n) is 16.3. The van der Waals surface area contributed by atoms with Crippen LogP contribution in [-0.4, -0.2) is 26.8 Å². The molecule has 0 spiro atoms. The Hall–Kier alpha value is -2.99. The summed E-state index contributed by atoms with van der Waals surface area (Å²) in [5, 5.41) is 3.05. The molecule has 0 aliphatic heterocycles. The summed E-state index contributed by atoms with van der Waals surface area (Å²) in [5.74, 6) is 0.811. The van der Waals surface area contributed by atoms with Crippen LogP contribution in [0, 0.1) is 6.92 Å². The van der Waals surface area contributed by atoms with Gasteiger partial charge in [0.25, 0.3) is 0 Å². The number of benzene rings is 1. The number of carbonyl (C=O) groups is 1. The first-order chi connectivity index (χ1) is 14.2. The van der Waals surface area contributed by atoms with E-state index in [1.807, 2.05) is 65.7 Å². The third kappa shape index (κ3) is 5.51. The zero-order valence-corrected chi connectivity index (χ0v) is 17.1. The van der Waals surface area contributed by atoms with E-state index in [0.717, 1.165) is 40.6 Å². The zero-order chi connectivity index (χ0) is 20.1. The third-order valence-electron chi connectivity index (χ3n) is 4.68. The second kappa shape index (κ2) is 9.01. The molecule has 0 radical (unpaired) electrons. The van der Waals surface area contributed by atoms with Crippen molar-refractivity contribution >= 4 is 23.3 Å². The van der Waals surface area contributed by atoms with Crippen molar-refractivity contribution in [3.05, 3.63) is 82.1 Å². The molecule has 1 aliphatic carbocycles. The quantitative estimate of drug-likeness (QED) is 0.513. The van der Waals surface area contributed by atoms with Crippen LogP contribution in [0.2, 0.25) is 0 Å². The summed E-state index contributed by atoms with van der Waals surface area (Å²) in [4.78, 5) is 23.4. The molecule has 1 fully saturated rings. The summed E-state index contributed by atoms with van der Waals surface area (Å²) in [5.41, 5.74) is 2.82. The summed E-state index contributed by atoms with van der Waals surface area (Å²) in [7, 11) is 0. The molecule has 29 heavy (non-hydrogen) atoms. The van der Waals surface area contributed by atoms with Crippen LogP contribution in [0.1, 0.15) is 34.8 Å². The van der Waals surface area contributed by atoms with Gasteiger partial charge < -0.3 is 9.64 Å². The highest BCUT2D eigenvalue weighted by atomic mass is 32.1. The van der Waals surface area contributed by atoms with Crippen molar-refractivity contribution in [2.75, 3.05) is 0 Å².